The van der Waals surface area contributed by atoms with Crippen LogP contribution in [0.1, 0.15) is 6.92 Å². The summed E-state index contributed by atoms with van der Waals surface area (Å²) >= 11 is 3.64. The molecule has 2 nitrogen and oxygen atoms in total. The largest absolute Gasteiger partial charge is 0.304 e. The Morgan fingerprint density at radius 3 is 1.80 bits per heavy atom. The molecule has 0 unspecified atom stereocenters. The van der Waals surface area contributed by atoms with Crippen molar-refractivity contribution < 1.29 is 9.45 Å². The van der Waals surface area contributed by atoms with E-state index in [1.54, 1.807) is 0 Å². The van der Waals surface area contributed by atoms with Crippen molar-refractivity contribution in [2.45, 2.75) is 6.92 Å². The molecule has 1 N–H and O–H groups in total. The van der Waals surface area contributed by atoms with Gasteiger partial charge < -0.3 is 4.79 Å². The second kappa shape index (κ2) is 39.5. The Bertz CT molecular complexity index is 15.1. The Labute approximate surface area is 35.5 Å². The third-order valence-corrected chi connectivity index (χ3v) is 0. The summed E-state index contributed by atoms with van der Waals surface area (Å²) in [5.74, 6) is 0. The van der Waals surface area contributed by atoms with Gasteiger partial charge in [0.1, 0.15) is 6.29 Å². The van der Waals surface area contributed by atoms with Gasteiger partial charge in [0.15, 0.2) is 0 Å². The Kier molecular flexibility index (Phi) is 70.0. The van der Waals surface area contributed by atoms with Crippen molar-refractivity contribution in [3.8, 4) is 0 Å². The van der Waals surface area contributed by atoms with Crippen molar-refractivity contribution in [3.05, 3.63) is 0 Å². The van der Waals surface area contributed by atoms with E-state index in [2.05, 4.69) is 11.9 Å². The summed E-state index contributed by atoms with van der Waals surface area (Å²) in [5, 5.41) is 0. The number of carbonyl (C=O) groups is 1. The highest BCUT2D eigenvalue weighted by Crippen LogP contribution is 1.31. The van der Waals surface area contributed by atoms with Crippen molar-refractivity contribution in [3.63, 3.8) is 0 Å². The highest BCUT2D eigenvalue weighted by Gasteiger charge is 1.24. The van der Waals surface area contributed by atoms with Crippen molar-refractivity contribution in [2.75, 3.05) is 0 Å². The monoisotopic (exact) mass is 96.0 g/mol. The van der Waals surface area contributed by atoms with Gasteiger partial charge in [-0.1, -0.05) is 0 Å². The van der Waals surface area contributed by atoms with E-state index in [9.17, 15) is 0 Å². The van der Waals surface area contributed by atoms with Crippen LogP contribution in [-0.2, 0) is 4.79 Å². The van der Waals surface area contributed by atoms with Crippen LogP contribution >= 0.6 is 11.9 Å². The van der Waals surface area contributed by atoms with Gasteiger partial charge in [-0.25, -0.2) is 0 Å². The second-order valence-electron chi connectivity index (χ2n) is 0.236. The van der Waals surface area contributed by atoms with Gasteiger partial charge in [0.05, 0.1) is 11.9 Å². The molecule has 0 aromatic carbocycles. The highest BCUT2D eigenvalue weighted by atomic mass is 35.5. The van der Waals surface area contributed by atoms with Crippen LogP contribution in [0, 0.1) is 0 Å². The molecule has 5 heavy (non-hydrogen) atoms. The first kappa shape index (κ1) is 8.87. The lowest BCUT2D eigenvalue weighted by Crippen LogP contribution is -1.36. The zero-order valence-corrected chi connectivity index (χ0v) is 3.57. The Morgan fingerprint density at radius 2 is 1.80 bits per heavy atom. The summed E-state index contributed by atoms with van der Waals surface area (Å²) in [7, 11) is 0. The third kappa shape index (κ3) is 2260. The maximum atomic E-state index is 8.81. The molecule has 3 heteroatoms. The fraction of sp³-hybridized carbons (Fsp3) is 0.500. The summed E-state index contributed by atoms with van der Waals surface area (Å²) in [6, 6.07) is 0. The lowest BCUT2D eigenvalue weighted by molar-refractivity contribution is -0.106. The molecule has 0 radical (unpaired) electrons. The van der Waals surface area contributed by atoms with Crippen LogP contribution in [0.2, 0.25) is 0 Å². The van der Waals surface area contributed by atoms with Crippen LogP contribution in [-0.4, -0.2) is 10.9 Å². The summed E-state index contributed by atoms with van der Waals surface area (Å²) < 4.78 is 6.47. The number of hydrogen-bond donors (Lipinski definition) is 1. The standard InChI is InChI=1S/C2H4O.ClHO/c1-2-3;1-2/h2H,1H3;2H. The predicted octanol–water partition coefficient (Wildman–Crippen LogP) is 0.338. The lowest BCUT2D eigenvalue weighted by atomic mass is 11.0. The van der Waals surface area contributed by atoms with Crippen molar-refractivity contribution in [1.82, 2.24) is 0 Å². The van der Waals surface area contributed by atoms with Gasteiger partial charge in [-0.05, 0) is 6.92 Å². The molecule has 0 aliphatic rings. The molecule has 0 rings (SSSR count). The fourth-order valence-electron chi connectivity index (χ4n) is 0. The molecule has 0 heterocycles. The minimum atomic E-state index is 0.750. The van der Waals surface area contributed by atoms with Crippen LogP contribution in [0.4, 0.5) is 0 Å². The van der Waals surface area contributed by atoms with E-state index in [1.165, 1.54) is 6.92 Å². The van der Waals surface area contributed by atoms with Crippen LogP contribution in [0.15, 0.2) is 0 Å². The minimum Gasteiger partial charge on any atom is -0.304 e. The van der Waals surface area contributed by atoms with E-state index in [-0.39, 0.29) is 0 Å². The number of hydrogen-bond acceptors (Lipinski definition) is 2. The molecule has 0 aromatic rings. The average Bonchev–Trinajstić information content (AvgIpc) is 1.46. The van der Waals surface area contributed by atoms with Crippen LogP contribution in [0.5, 0.6) is 0 Å². The summed E-state index contributed by atoms with van der Waals surface area (Å²) in [4.78, 5) is 8.81. The van der Waals surface area contributed by atoms with Gasteiger partial charge in [0.25, 0.3) is 0 Å². The number of rotatable bonds is 0. The molecule has 0 saturated heterocycles. The molecule has 0 aliphatic heterocycles. The minimum absolute atomic E-state index is 0.750. The van der Waals surface area contributed by atoms with Gasteiger partial charge in [-0.2, -0.15) is 0 Å². The molecule has 0 amide bonds. The molecule has 0 atom stereocenters. The lowest BCUT2D eigenvalue weighted by Gasteiger charge is -1.23. The maximum Gasteiger partial charge on any atom is 0.116 e. The SMILES string of the molecule is CC=O.OCl. The van der Waals surface area contributed by atoms with Gasteiger partial charge in [0, 0.05) is 0 Å². The molecular formula is C2H5ClO2. The van der Waals surface area contributed by atoms with Crippen molar-refractivity contribution >= 4 is 18.2 Å². The summed E-state index contributed by atoms with van der Waals surface area (Å²) in [5.41, 5.74) is 0. The summed E-state index contributed by atoms with van der Waals surface area (Å²) in [6.45, 7) is 1.44. The van der Waals surface area contributed by atoms with E-state index in [0.717, 1.165) is 6.29 Å². The van der Waals surface area contributed by atoms with Gasteiger partial charge in [0.2, 0.25) is 0 Å². The maximum absolute atomic E-state index is 8.81. The zero-order chi connectivity index (χ0) is 4.71. The van der Waals surface area contributed by atoms with Gasteiger partial charge in [-0.3, -0.25) is 4.66 Å². The molecular weight excluding hydrogens is 91.5 g/mol. The van der Waals surface area contributed by atoms with Crippen LogP contribution in [0.3, 0.4) is 0 Å². The number of halogens is 1. The first-order valence-corrected chi connectivity index (χ1v) is 1.32. The van der Waals surface area contributed by atoms with E-state index in [0.29, 0.717) is 0 Å². The average molecular weight is 96.5 g/mol. The molecule has 0 aliphatic carbocycles. The van der Waals surface area contributed by atoms with Crippen molar-refractivity contribution in [1.29, 1.82) is 0 Å². The Balaban J connectivity index is 0. The van der Waals surface area contributed by atoms with E-state index < -0.39 is 0 Å². The predicted molar refractivity (Wildman–Crippen MR) is 19.8 cm³/mol. The van der Waals surface area contributed by atoms with Crippen LogP contribution < -0.4 is 0 Å². The summed E-state index contributed by atoms with van der Waals surface area (Å²) in [6.07, 6.45) is 0.750. The van der Waals surface area contributed by atoms with Gasteiger partial charge >= 0.3 is 0 Å². The molecule has 0 spiro atoms. The quantitative estimate of drug-likeness (QED) is 0.442. The molecule has 0 bridgehead atoms. The van der Waals surface area contributed by atoms with E-state index >= 15 is 0 Å². The fourth-order valence-corrected chi connectivity index (χ4v) is 0. The number of carbonyl (C=O) groups excluding carboxylic acids is 1. The molecule has 0 fully saturated rings. The topological polar surface area (TPSA) is 37.3 Å². The van der Waals surface area contributed by atoms with E-state index in [4.69, 9.17) is 9.45 Å². The van der Waals surface area contributed by atoms with Crippen molar-refractivity contribution in [2.24, 2.45) is 0 Å². The Hall–Kier alpha value is -0.0800. The zero-order valence-electron chi connectivity index (χ0n) is 2.81. The first-order valence-electron chi connectivity index (χ1n) is 0.982. The first-order chi connectivity index (χ1) is 2.41. The van der Waals surface area contributed by atoms with E-state index in [1.807, 2.05) is 0 Å². The smallest absolute Gasteiger partial charge is 0.116 e. The normalized spacial score (nSPS) is 3.80. The molecule has 0 saturated carbocycles. The third-order valence-electron chi connectivity index (χ3n) is 0. The highest BCUT2D eigenvalue weighted by molar-refractivity contribution is 6.04. The second-order valence-corrected chi connectivity index (χ2v) is 0.236. The Morgan fingerprint density at radius 1 is 1.80 bits per heavy atom. The van der Waals surface area contributed by atoms with Gasteiger partial charge in [-0.15, -0.1) is 0 Å². The molecule has 0 aromatic heterocycles. The number of aldehydes is 1. The molecule has 32 valence electrons. The van der Waals surface area contributed by atoms with Crippen LogP contribution in [0.25, 0.3) is 0 Å².